The summed E-state index contributed by atoms with van der Waals surface area (Å²) in [6, 6.07) is 16.5. The highest BCUT2D eigenvalue weighted by Crippen LogP contribution is 2.43. The molecule has 1 unspecified atom stereocenters. The Morgan fingerprint density at radius 3 is 2.79 bits per heavy atom. The Labute approximate surface area is 220 Å². The molecule has 3 aromatic carbocycles. The van der Waals surface area contributed by atoms with E-state index in [0.717, 1.165) is 16.7 Å². The summed E-state index contributed by atoms with van der Waals surface area (Å²) < 4.78 is 28.4. The number of benzene rings is 3. The number of nitrogens with one attached hydrogen (secondary N) is 1. The van der Waals surface area contributed by atoms with Gasteiger partial charge in [-0.15, -0.1) is 0 Å². The lowest BCUT2D eigenvalue weighted by atomic mass is 9.87. The van der Waals surface area contributed by atoms with Crippen LogP contribution in [0.2, 0.25) is 0 Å². The van der Waals surface area contributed by atoms with Crippen molar-refractivity contribution in [1.29, 1.82) is 0 Å². The van der Waals surface area contributed by atoms with Crippen molar-refractivity contribution in [3.63, 3.8) is 0 Å². The molecular weight excluding hydrogens is 488 g/mol. The molecule has 0 radical (unpaired) electrons. The number of carbonyl (C=O) groups is 2. The smallest absolute Gasteiger partial charge is 0.257 e. The van der Waals surface area contributed by atoms with Gasteiger partial charge in [-0.3, -0.25) is 9.59 Å². The number of fused-ring (bicyclic) bond motifs is 9. The summed E-state index contributed by atoms with van der Waals surface area (Å²) in [6.07, 6.45) is 1.26. The fourth-order valence-corrected chi connectivity index (χ4v) is 5.13. The van der Waals surface area contributed by atoms with Crippen molar-refractivity contribution in [3.8, 4) is 28.7 Å². The lowest BCUT2D eigenvalue weighted by molar-refractivity contribution is -0.123. The Morgan fingerprint density at radius 1 is 1.00 bits per heavy atom. The zero-order valence-corrected chi connectivity index (χ0v) is 21.0. The zero-order valence-electron chi connectivity index (χ0n) is 21.0. The molecule has 0 aromatic heterocycles. The number of amides is 2. The molecule has 2 amide bonds. The molecule has 1 atom stereocenters. The number of carbonyl (C=O) groups excluding carboxylic acids is 2. The molecule has 0 aliphatic carbocycles. The van der Waals surface area contributed by atoms with E-state index in [9.17, 15) is 9.59 Å². The Balaban J connectivity index is 1.45. The van der Waals surface area contributed by atoms with Crippen molar-refractivity contribution in [3.05, 3.63) is 76.9 Å². The van der Waals surface area contributed by atoms with Gasteiger partial charge in [-0.25, -0.2) is 0 Å². The van der Waals surface area contributed by atoms with Crippen LogP contribution in [0, 0.1) is 0 Å². The van der Waals surface area contributed by atoms with Crippen molar-refractivity contribution >= 4 is 11.8 Å². The number of ether oxygens (including phenoxy) is 5. The van der Waals surface area contributed by atoms with Crippen molar-refractivity contribution in [1.82, 2.24) is 10.2 Å². The van der Waals surface area contributed by atoms with Crippen LogP contribution in [0.1, 0.15) is 39.5 Å². The zero-order chi connectivity index (χ0) is 26.1. The minimum atomic E-state index is -0.389. The van der Waals surface area contributed by atoms with Gasteiger partial charge in [0.2, 0.25) is 6.79 Å². The van der Waals surface area contributed by atoms with E-state index in [4.69, 9.17) is 23.7 Å². The van der Waals surface area contributed by atoms with E-state index in [-0.39, 0.29) is 31.3 Å². The molecule has 9 heteroatoms. The average Bonchev–Trinajstić information content (AvgIpc) is 3.42. The lowest BCUT2D eigenvalue weighted by Gasteiger charge is -2.38. The first kappa shape index (κ1) is 24.0. The van der Waals surface area contributed by atoms with Crippen LogP contribution >= 0.6 is 0 Å². The maximum Gasteiger partial charge on any atom is 0.257 e. The van der Waals surface area contributed by atoms with Crippen LogP contribution in [0.5, 0.6) is 28.7 Å². The van der Waals surface area contributed by atoms with Crippen molar-refractivity contribution in [2.24, 2.45) is 0 Å². The molecule has 4 aliphatic rings. The molecule has 3 aromatic rings. The first-order chi connectivity index (χ1) is 18.6. The lowest BCUT2D eigenvalue weighted by Crippen LogP contribution is -2.40. The molecule has 196 valence electrons. The minimum Gasteiger partial charge on any atom is -0.494 e. The molecule has 38 heavy (non-hydrogen) atoms. The van der Waals surface area contributed by atoms with E-state index in [2.05, 4.69) is 5.32 Å². The van der Waals surface area contributed by atoms with Gasteiger partial charge in [0.25, 0.3) is 11.8 Å². The van der Waals surface area contributed by atoms with Gasteiger partial charge in [0.15, 0.2) is 29.6 Å². The first-order valence-corrected chi connectivity index (χ1v) is 12.6. The summed E-state index contributed by atoms with van der Waals surface area (Å²) in [5.41, 5.74) is 3.41. The van der Waals surface area contributed by atoms with Crippen molar-refractivity contribution in [2.75, 3.05) is 40.2 Å². The van der Waals surface area contributed by atoms with Gasteiger partial charge in [0.1, 0.15) is 5.75 Å². The van der Waals surface area contributed by atoms with Gasteiger partial charge in [-0.2, -0.15) is 0 Å². The summed E-state index contributed by atoms with van der Waals surface area (Å²) in [4.78, 5) is 28.1. The molecular formula is C29H28N2O7. The predicted molar refractivity (Wildman–Crippen MR) is 137 cm³/mol. The molecule has 7 rings (SSSR count). The van der Waals surface area contributed by atoms with Crippen LogP contribution in [0.3, 0.4) is 0 Å². The highest BCUT2D eigenvalue weighted by Gasteiger charge is 2.35. The quantitative estimate of drug-likeness (QED) is 0.557. The molecule has 0 fully saturated rings. The monoisotopic (exact) mass is 516 g/mol. The molecule has 0 spiro atoms. The van der Waals surface area contributed by atoms with E-state index in [1.165, 1.54) is 0 Å². The minimum absolute atomic E-state index is 0.115. The van der Waals surface area contributed by atoms with Crippen molar-refractivity contribution < 1.29 is 33.3 Å². The Morgan fingerprint density at radius 2 is 1.89 bits per heavy atom. The van der Waals surface area contributed by atoms with Gasteiger partial charge in [-0.05, 0) is 72.0 Å². The predicted octanol–water partition coefficient (Wildman–Crippen LogP) is 3.49. The fraction of sp³-hybridized carbons (Fsp3) is 0.310. The highest BCUT2D eigenvalue weighted by atomic mass is 16.7. The van der Waals surface area contributed by atoms with E-state index < -0.39 is 0 Å². The fourth-order valence-electron chi connectivity index (χ4n) is 5.13. The Hall–Kier alpha value is -4.40. The molecule has 4 aliphatic heterocycles. The third-order valence-corrected chi connectivity index (χ3v) is 6.98. The molecule has 1 N–H and O–H groups in total. The van der Waals surface area contributed by atoms with Crippen LogP contribution in [0.25, 0.3) is 0 Å². The van der Waals surface area contributed by atoms with Gasteiger partial charge in [0, 0.05) is 18.7 Å². The van der Waals surface area contributed by atoms with Gasteiger partial charge in [0.05, 0.1) is 19.8 Å². The van der Waals surface area contributed by atoms with E-state index >= 15 is 0 Å². The largest absolute Gasteiger partial charge is 0.494 e. The second kappa shape index (κ2) is 10.2. The maximum absolute atomic E-state index is 14.0. The second-order valence-corrected chi connectivity index (χ2v) is 9.33. The second-order valence-electron chi connectivity index (χ2n) is 9.33. The molecule has 6 bridgehead atoms. The number of methoxy groups -OCH3 is 1. The van der Waals surface area contributed by atoms with Crippen LogP contribution in [-0.2, 0) is 11.2 Å². The average molecular weight is 517 g/mol. The third kappa shape index (κ3) is 4.55. The van der Waals surface area contributed by atoms with Gasteiger partial charge in [-0.1, -0.05) is 12.1 Å². The molecule has 0 saturated carbocycles. The topological polar surface area (TPSA) is 95.6 Å². The van der Waals surface area contributed by atoms with E-state index in [1.807, 2.05) is 41.3 Å². The van der Waals surface area contributed by atoms with Gasteiger partial charge >= 0.3 is 0 Å². The summed E-state index contributed by atoms with van der Waals surface area (Å²) in [6.45, 7) is 1.44. The van der Waals surface area contributed by atoms with Gasteiger partial charge < -0.3 is 33.9 Å². The maximum atomic E-state index is 14.0. The van der Waals surface area contributed by atoms with E-state index in [1.54, 1.807) is 25.3 Å². The van der Waals surface area contributed by atoms with Crippen LogP contribution in [-0.4, -0.2) is 56.9 Å². The SMILES string of the molecule is COc1cc2c3cc1OCC(=O)NCCCOc1cccc(c1)C2N(C(=O)c1ccc2c(c1)OCO2)CC3. The molecule has 4 heterocycles. The number of rotatable bonds is 2. The molecule has 0 saturated heterocycles. The summed E-state index contributed by atoms with van der Waals surface area (Å²) in [5.74, 6) is 2.57. The molecule has 9 nitrogen and oxygen atoms in total. The first-order valence-electron chi connectivity index (χ1n) is 12.6. The normalized spacial score (nSPS) is 18.3. The Bertz CT molecular complexity index is 1390. The number of nitrogens with zero attached hydrogens (tertiary/aromatic N) is 1. The van der Waals surface area contributed by atoms with E-state index in [0.29, 0.717) is 66.8 Å². The third-order valence-electron chi connectivity index (χ3n) is 6.98. The van der Waals surface area contributed by atoms with Crippen molar-refractivity contribution in [2.45, 2.75) is 18.9 Å². The van der Waals surface area contributed by atoms with Crippen LogP contribution < -0.4 is 29.0 Å². The highest BCUT2D eigenvalue weighted by molar-refractivity contribution is 5.95. The summed E-state index contributed by atoms with van der Waals surface area (Å²) >= 11 is 0. The summed E-state index contributed by atoms with van der Waals surface area (Å²) in [7, 11) is 1.56. The number of hydrogen-bond donors (Lipinski definition) is 1. The standard InChI is InChI=1S/C29H28N2O7/c1-34-24-15-22-18-8-10-31(29(33)20-6-7-23-25(14-20)38-17-37-23)28(22)19-4-2-5-21(12-19)35-11-3-9-30-27(32)16-36-26(24)13-18/h2,4-7,12-15,28H,3,8-11,16-17H2,1H3,(H,30,32). The number of hydrogen-bond acceptors (Lipinski definition) is 7. The Kier molecular flexibility index (Phi) is 6.41. The van der Waals surface area contributed by atoms with Crippen LogP contribution in [0.15, 0.2) is 54.6 Å². The van der Waals surface area contributed by atoms with Crippen LogP contribution in [0.4, 0.5) is 0 Å². The summed E-state index contributed by atoms with van der Waals surface area (Å²) in [5, 5.41) is 2.85.